The van der Waals surface area contributed by atoms with Gasteiger partial charge in [-0.05, 0) is 50.6 Å². The Balaban J connectivity index is 1.75. The number of ether oxygens (including phenoxy) is 1. The molecule has 0 spiro atoms. The second kappa shape index (κ2) is 6.05. The summed E-state index contributed by atoms with van der Waals surface area (Å²) < 4.78 is 11.2. The number of benzene rings is 1. The van der Waals surface area contributed by atoms with Crippen LogP contribution in [0.25, 0.3) is 11.5 Å². The molecule has 1 aromatic heterocycles. The molecule has 0 radical (unpaired) electrons. The third kappa shape index (κ3) is 2.82. The van der Waals surface area contributed by atoms with E-state index in [0.717, 1.165) is 43.1 Å². The van der Waals surface area contributed by atoms with Gasteiger partial charge < -0.3 is 14.5 Å². The molecule has 3 rings (SSSR count). The van der Waals surface area contributed by atoms with Gasteiger partial charge in [-0.25, -0.2) is 0 Å². The van der Waals surface area contributed by atoms with Crippen molar-refractivity contribution in [3.63, 3.8) is 0 Å². The minimum atomic E-state index is 0.340. The van der Waals surface area contributed by atoms with Crippen LogP contribution in [-0.2, 0) is 0 Å². The molecule has 1 aliphatic heterocycles. The van der Waals surface area contributed by atoms with Gasteiger partial charge in [0.2, 0.25) is 11.8 Å². The van der Waals surface area contributed by atoms with Crippen molar-refractivity contribution >= 4 is 0 Å². The fraction of sp³-hybridized carbons (Fsp3) is 0.467. The van der Waals surface area contributed by atoms with E-state index in [-0.39, 0.29) is 0 Å². The smallest absolute Gasteiger partial charge is 0.247 e. The molecule has 5 nitrogen and oxygen atoms in total. The predicted octanol–water partition coefficient (Wildman–Crippen LogP) is 2.60. The van der Waals surface area contributed by atoms with Gasteiger partial charge in [0.25, 0.3) is 0 Å². The Kier molecular flexibility index (Phi) is 3.97. The zero-order valence-corrected chi connectivity index (χ0v) is 11.6. The Labute approximate surface area is 118 Å². The zero-order chi connectivity index (χ0) is 13.8. The van der Waals surface area contributed by atoms with Gasteiger partial charge in [0.1, 0.15) is 5.75 Å². The Bertz CT molecular complexity index is 545. The Morgan fingerprint density at radius 1 is 1.30 bits per heavy atom. The molecular weight excluding hydrogens is 254 g/mol. The first kappa shape index (κ1) is 13.1. The number of aromatic nitrogens is 2. The molecule has 1 aromatic carbocycles. The Hall–Kier alpha value is -1.88. The maximum absolute atomic E-state index is 5.81. The molecule has 0 amide bonds. The van der Waals surface area contributed by atoms with E-state index >= 15 is 0 Å². The molecule has 1 aliphatic rings. The van der Waals surface area contributed by atoms with Crippen LogP contribution in [0.5, 0.6) is 5.75 Å². The topological polar surface area (TPSA) is 60.2 Å². The molecule has 1 saturated heterocycles. The molecule has 2 aromatic rings. The molecule has 106 valence electrons. The summed E-state index contributed by atoms with van der Waals surface area (Å²) in [6, 6.07) is 7.73. The van der Waals surface area contributed by atoms with Crippen molar-refractivity contribution in [2.24, 2.45) is 0 Å². The number of nitrogens with one attached hydrogen (secondary N) is 1. The normalized spacial score (nSPS) is 18.9. The van der Waals surface area contributed by atoms with Crippen LogP contribution in [0.15, 0.2) is 28.7 Å². The van der Waals surface area contributed by atoms with Gasteiger partial charge >= 0.3 is 0 Å². The number of nitrogens with zero attached hydrogens (tertiary/aromatic N) is 2. The Morgan fingerprint density at radius 2 is 2.15 bits per heavy atom. The molecule has 2 heterocycles. The van der Waals surface area contributed by atoms with Crippen LogP contribution in [0.3, 0.4) is 0 Å². The fourth-order valence-electron chi connectivity index (χ4n) is 2.44. The molecule has 1 N–H and O–H groups in total. The monoisotopic (exact) mass is 273 g/mol. The lowest BCUT2D eigenvalue weighted by molar-refractivity contribution is 0.340. The van der Waals surface area contributed by atoms with Crippen LogP contribution in [0.1, 0.15) is 31.6 Å². The van der Waals surface area contributed by atoms with Gasteiger partial charge in [-0.15, -0.1) is 10.2 Å². The molecule has 0 bridgehead atoms. The van der Waals surface area contributed by atoms with Crippen molar-refractivity contribution in [3.8, 4) is 17.2 Å². The first-order valence-corrected chi connectivity index (χ1v) is 7.14. The minimum Gasteiger partial charge on any atom is -0.494 e. The van der Waals surface area contributed by atoms with Crippen LogP contribution in [-0.4, -0.2) is 29.9 Å². The second-order valence-corrected chi connectivity index (χ2v) is 4.95. The van der Waals surface area contributed by atoms with E-state index in [1.54, 1.807) is 0 Å². The SMILES string of the molecule is CCOc1ccc(-c2nnc(C3CCCNC3)o2)cc1. The number of piperidine rings is 1. The van der Waals surface area contributed by atoms with E-state index in [1.807, 2.05) is 31.2 Å². The molecule has 20 heavy (non-hydrogen) atoms. The highest BCUT2D eigenvalue weighted by molar-refractivity contribution is 5.54. The van der Waals surface area contributed by atoms with Crippen molar-refractivity contribution in [1.29, 1.82) is 0 Å². The van der Waals surface area contributed by atoms with Crippen molar-refractivity contribution in [2.45, 2.75) is 25.7 Å². The lowest BCUT2D eigenvalue weighted by Crippen LogP contribution is -2.28. The van der Waals surface area contributed by atoms with E-state index < -0.39 is 0 Å². The number of rotatable bonds is 4. The summed E-state index contributed by atoms with van der Waals surface area (Å²) in [7, 11) is 0. The van der Waals surface area contributed by atoms with Crippen molar-refractivity contribution in [1.82, 2.24) is 15.5 Å². The van der Waals surface area contributed by atoms with Crippen LogP contribution in [0.2, 0.25) is 0 Å². The number of hydrogen-bond donors (Lipinski definition) is 1. The van der Waals surface area contributed by atoms with E-state index in [2.05, 4.69) is 15.5 Å². The van der Waals surface area contributed by atoms with Crippen LogP contribution >= 0.6 is 0 Å². The van der Waals surface area contributed by atoms with E-state index in [0.29, 0.717) is 18.4 Å². The van der Waals surface area contributed by atoms with Crippen molar-refractivity contribution in [3.05, 3.63) is 30.2 Å². The van der Waals surface area contributed by atoms with Crippen LogP contribution < -0.4 is 10.1 Å². The molecule has 5 heteroatoms. The van der Waals surface area contributed by atoms with Gasteiger partial charge in [-0.1, -0.05) is 0 Å². The summed E-state index contributed by atoms with van der Waals surface area (Å²) in [6.07, 6.45) is 2.27. The molecule has 1 fully saturated rings. The summed E-state index contributed by atoms with van der Waals surface area (Å²) in [5, 5.41) is 11.7. The maximum Gasteiger partial charge on any atom is 0.247 e. The summed E-state index contributed by atoms with van der Waals surface area (Å²) in [4.78, 5) is 0. The third-order valence-electron chi connectivity index (χ3n) is 3.50. The van der Waals surface area contributed by atoms with Gasteiger partial charge in [0.15, 0.2) is 0 Å². The lowest BCUT2D eigenvalue weighted by Gasteiger charge is -2.18. The minimum absolute atomic E-state index is 0.340. The number of hydrogen-bond acceptors (Lipinski definition) is 5. The van der Waals surface area contributed by atoms with Gasteiger partial charge in [-0.3, -0.25) is 0 Å². The molecule has 0 aliphatic carbocycles. The highest BCUT2D eigenvalue weighted by atomic mass is 16.5. The van der Waals surface area contributed by atoms with Crippen LogP contribution in [0.4, 0.5) is 0 Å². The highest BCUT2D eigenvalue weighted by Gasteiger charge is 2.21. The predicted molar refractivity (Wildman–Crippen MR) is 75.7 cm³/mol. The largest absolute Gasteiger partial charge is 0.494 e. The molecule has 1 atom stereocenters. The summed E-state index contributed by atoms with van der Waals surface area (Å²) in [5.74, 6) is 2.51. The molecule has 1 unspecified atom stereocenters. The first-order valence-electron chi connectivity index (χ1n) is 7.14. The molecular formula is C15H19N3O2. The lowest BCUT2D eigenvalue weighted by atomic mass is 10.00. The van der Waals surface area contributed by atoms with Crippen molar-refractivity contribution in [2.75, 3.05) is 19.7 Å². The summed E-state index contributed by atoms with van der Waals surface area (Å²) in [6.45, 7) is 4.64. The van der Waals surface area contributed by atoms with Crippen molar-refractivity contribution < 1.29 is 9.15 Å². The van der Waals surface area contributed by atoms with Gasteiger partial charge in [-0.2, -0.15) is 0 Å². The average molecular weight is 273 g/mol. The second-order valence-electron chi connectivity index (χ2n) is 4.95. The Morgan fingerprint density at radius 3 is 2.85 bits per heavy atom. The van der Waals surface area contributed by atoms with E-state index in [9.17, 15) is 0 Å². The maximum atomic E-state index is 5.81. The van der Waals surface area contributed by atoms with Gasteiger partial charge in [0.05, 0.1) is 6.61 Å². The first-order chi connectivity index (χ1) is 9.86. The molecule has 0 saturated carbocycles. The van der Waals surface area contributed by atoms with Gasteiger partial charge in [0, 0.05) is 18.0 Å². The van der Waals surface area contributed by atoms with E-state index in [4.69, 9.17) is 9.15 Å². The van der Waals surface area contributed by atoms with Crippen LogP contribution in [0, 0.1) is 0 Å². The standard InChI is InChI=1S/C15H19N3O2/c1-2-19-13-7-5-11(6-8-13)14-17-18-15(20-14)12-4-3-9-16-10-12/h5-8,12,16H,2-4,9-10H2,1H3. The fourth-order valence-corrected chi connectivity index (χ4v) is 2.44. The summed E-state index contributed by atoms with van der Waals surface area (Å²) >= 11 is 0. The quantitative estimate of drug-likeness (QED) is 0.927. The highest BCUT2D eigenvalue weighted by Crippen LogP contribution is 2.26. The average Bonchev–Trinajstić information content (AvgIpc) is 2.99. The zero-order valence-electron chi connectivity index (χ0n) is 11.6. The third-order valence-corrected chi connectivity index (χ3v) is 3.50. The van der Waals surface area contributed by atoms with E-state index in [1.165, 1.54) is 0 Å². The summed E-state index contributed by atoms with van der Waals surface area (Å²) in [5.41, 5.74) is 0.927.